The average molecular weight is 236 g/mol. The fourth-order valence-electron chi connectivity index (χ4n) is 1.64. The van der Waals surface area contributed by atoms with Gasteiger partial charge >= 0.3 is 0 Å². The largest absolute Gasteiger partial charge is 0.336 e. The predicted octanol–water partition coefficient (Wildman–Crippen LogP) is 2.43. The fourth-order valence-corrected chi connectivity index (χ4v) is 1.83. The monoisotopic (exact) mass is 235 g/mol. The molecule has 0 aliphatic rings. The highest BCUT2D eigenvalue weighted by Crippen LogP contribution is 2.23. The van der Waals surface area contributed by atoms with Crippen LogP contribution in [0.1, 0.15) is 22.9 Å². The normalized spacial score (nSPS) is 12.8. The molecule has 0 amide bonds. The third-order valence-corrected chi connectivity index (χ3v) is 3.13. The molecule has 0 bridgehead atoms. The summed E-state index contributed by atoms with van der Waals surface area (Å²) in [6.45, 7) is 1.97. The van der Waals surface area contributed by atoms with E-state index in [1.807, 2.05) is 36.7 Å². The first-order valence-electron chi connectivity index (χ1n) is 5.07. The molecule has 84 valence electrons. The van der Waals surface area contributed by atoms with E-state index in [1.165, 1.54) is 0 Å². The minimum Gasteiger partial charge on any atom is -0.336 e. The lowest BCUT2D eigenvalue weighted by atomic mass is 10.0. The summed E-state index contributed by atoms with van der Waals surface area (Å²) in [6.07, 6.45) is 3.52. The highest BCUT2D eigenvalue weighted by atomic mass is 35.5. The Hall–Kier alpha value is -1.32. The molecule has 1 aromatic heterocycles. The van der Waals surface area contributed by atoms with Gasteiger partial charge in [-0.3, -0.25) is 0 Å². The van der Waals surface area contributed by atoms with E-state index in [1.54, 1.807) is 12.5 Å². The van der Waals surface area contributed by atoms with E-state index in [2.05, 4.69) is 4.98 Å². The van der Waals surface area contributed by atoms with Gasteiger partial charge in [0.15, 0.2) is 0 Å². The number of hydrogen-bond donors (Lipinski definition) is 1. The van der Waals surface area contributed by atoms with Gasteiger partial charge in [-0.05, 0) is 24.1 Å². The molecule has 2 rings (SSSR count). The van der Waals surface area contributed by atoms with E-state index >= 15 is 0 Å². The molecule has 0 radical (unpaired) electrons. The van der Waals surface area contributed by atoms with E-state index in [4.69, 9.17) is 17.3 Å². The van der Waals surface area contributed by atoms with Crippen molar-refractivity contribution in [3.8, 4) is 0 Å². The van der Waals surface area contributed by atoms with Crippen LogP contribution in [0, 0.1) is 6.92 Å². The van der Waals surface area contributed by atoms with Gasteiger partial charge in [-0.25, -0.2) is 4.98 Å². The summed E-state index contributed by atoms with van der Waals surface area (Å²) < 4.78 is 1.92. The van der Waals surface area contributed by atoms with Crippen molar-refractivity contribution in [3.63, 3.8) is 0 Å². The second-order valence-corrected chi connectivity index (χ2v) is 4.32. The molecule has 4 heteroatoms. The number of benzene rings is 1. The molecule has 0 aliphatic heterocycles. The standard InChI is InChI=1S/C12H14ClN3/c1-8-3-4-9(5-10(8)13)12(14)11-6-15-7-16(11)2/h3-7,12H,14H2,1-2H3. The first-order valence-corrected chi connectivity index (χ1v) is 5.45. The Bertz CT molecular complexity index is 505. The molecule has 0 saturated heterocycles. The summed E-state index contributed by atoms with van der Waals surface area (Å²) >= 11 is 6.08. The minimum absolute atomic E-state index is 0.189. The molecule has 2 aromatic rings. The van der Waals surface area contributed by atoms with Gasteiger partial charge in [0.25, 0.3) is 0 Å². The molecule has 2 N–H and O–H groups in total. The Balaban J connectivity index is 2.38. The van der Waals surface area contributed by atoms with Gasteiger partial charge in [0.1, 0.15) is 0 Å². The Morgan fingerprint density at radius 2 is 2.19 bits per heavy atom. The zero-order valence-corrected chi connectivity index (χ0v) is 10.1. The molecule has 0 spiro atoms. The van der Waals surface area contributed by atoms with Crippen LogP contribution >= 0.6 is 11.6 Å². The van der Waals surface area contributed by atoms with Crippen LogP contribution in [0.2, 0.25) is 5.02 Å². The number of nitrogens with zero attached hydrogens (tertiary/aromatic N) is 2. The van der Waals surface area contributed by atoms with Gasteiger partial charge in [-0.15, -0.1) is 0 Å². The van der Waals surface area contributed by atoms with Crippen molar-refractivity contribution in [1.82, 2.24) is 9.55 Å². The number of aromatic nitrogens is 2. The van der Waals surface area contributed by atoms with Gasteiger partial charge in [-0.1, -0.05) is 23.7 Å². The highest BCUT2D eigenvalue weighted by Gasteiger charge is 2.12. The molecule has 1 aromatic carbocycles. The summed E-state index contributed by atoms with van der Waals surface area (Å²) in [5.74, 6) is 0. The summed E-state index contributed by atoms with van der Waals surface area (Å²) in [5, 5.41) is 0.745. The molecule has 0 aliphatic carbocycles. The van der Waals surface area contributed by atoms with E-state index < -0.39 is 0 Å². The maximum Gasteiger partial charge on any atom is 0.0946 e. The van der Waals surface area contributed by atoms with Crippen LogP contribution in [0.25, 0.3) is 0 Å². The maximum absolute atomic E-state index is 6.16. The van der Waals surface area contributed by atoms with Gasteiger partial charge < -0.3 is 10.3 Å². The number of rotatable bonds is 2. The molecule has 1 atom stereocenters. The summed E-state index contributed by atoms with van der Waals surface area (Å²) in [6, 6.07) is 5.70. The van der Waals surface area contributed by atoms with Crippen molar-refractivity contribution in [3.05, 3.63) is 52.6 Å². The van der Waals surface area contributed by atoms with Gasteiger partial charge in [0.05, 0.1) is 24.3 Å². The summed E-state index contributed by atoms with van der Waals surface area (Å²) in [7, 11) is 1.93. The quantitative estimate of drug-likeness (QED) is 0.869. The van der Waals surface area contributed by atoms with Crippen molar-refractivity contribution in [2.75, 3.05) is 0 Å². The zero-order chi connectivity index (χ0) is 11.7. The Labute approximate surface area is 99.9 Å². The minimum atomic E-state index is -0.189. The molecule has 16 heavy (non-hydrogen) atoms. The fraction of sp³-hybridized carbons (Fsp3) is 0.250. The highest BCUT2D eigenvalue weighted by molar-refractivity contribution is 6.31. The number of imidazole rings is 1. The lowest BCUT2D eigenvalue weighted by Crippen LogP contribution is -2.15. The first-order chi connectivity index (χ1) is 7.59. The number of hydrogen-bond acceptors (Lipinski definition) is 2. The van der Waals surface area contributed by atoms with Gasteiger partial charge in [0, 0.05) is 12.1 Å². The molecular formula is C12H14ClN3. The van der Waals surface area contributed by atoms with Crippen LogP contribution in [0.15, 0.2) is 30.7 Å². The summed E-state index contributed by atoms with van der Waals surface area (Å²) in [4.78, 5) is 4.06. The van der Waals surface area contributed by atoms with E-state index in [0.29, 0.717) is 0 Å². The smallest absolute Gasteiger partial charge is 0.0946 e. The van der Waals surface area contributed by atoms with Gasteiger partial charge in [-0.2, -0.15) is 0 Å². The Morgan fingerprint density at radius 1 is 1.44 bits per heavy atom. The SMILES string of the molecule is Cc1ccc(C(N)c2cncn2C)cc1Cl. The lowest BCUT2D eigenvalue weighted by Gasteiger charge is -2.13. The molecule has 0 saturated carbocycles. The van der Waals surface area contributed by atoms with E-state index in [9.17, 15) is 0 Å². The average Bonchev–Trinajstić information content (AvgIpc) is 2.67. The van der Waals surface area contributed by atoms with Crippen LogP contribution in [0.4, 0.5) is 0 Å². The number of nitrogens with two attached hydrogens (primary N) is 1. The third kappa shape index (κ3) is 1.96. The molecule has 3 nitrogen and oxygen atoms in total. The molecule has 0 fully saturated rings. The van der Waals surface area contributed by atoms with Crippen LogP contribution in [-0.2, 0) is 7.05 Å². The number of halogens is 1. The zero-order valence-electron chi connectivity index (χ0n) is 9.31. The predicted molar refractivity (Wildman–Crippen MR) is 65.4 cm³/mol. The molecule has 1 heterocycles. The van der Waals surface area contributed by atoms with E-state index in [-0.39, 0.29) is 6.04 Å². The maximum atomic E-state index is 6.16. The Morgan fingerprint density at radius 3 is 2.75 bits per heavy atom. The van der Waals surface area contributed by atoms with Crippen LogP contribution in [-0.4, -0.2) is 9.55 Å². The number of aryl methyl sites for hydroxylation is 2. The van der Waals surface area contributed by atoms with Crippen LogP contribution in [0.3, 0.4) is 0 Å². The van der Waals surface area contributed by atoms with Gasteiger partial charge in [0.2, 0.25) is 0 Å². The second kappa shape index (κ2) is 4.28. The first kappa shape index (κ1) is 11.2. The van der Waals surface area contributed by atoms with Crippen LogP contribution in [0.5, 0.6) is 0 Å². The van der Waals surface area contributed by atoms with Crippen molar-refractivity contribution in [2.24, 2.45) is 12.8 Å². The van der Waals surface area contributed by atoms with Crippen molar-refractivity contribution in [1.29, 1.82) is 0 Å². The molecule has 1 unspecified atom stereocenters. The van der Waals surface area contributed by atoms with E-state index in [0.717, 1.165) is 21.8 Å². The van der Waals surface area contributed by atoms with Crippen molar-refractivity contribution < 1.29 is 0 Å². The second-order valence-electron chi connectivity index (χ2n) is 3.92. The Kier molecular flexibility index (Phi) is 2.99. The van der Waals surface area contributed by atoms with Crippen LogP contribution < -0.4 is 5.73 Å². The third-order valence-electron chi connectivity index (χ3n) is 2.73. The summed E-state index contributed by atoms with van der Waals surface area (Å²) in [5.41, 5.74) is 9.19. The lowest BCUT2D eigenvalue weighted by molar-refractivity contribution is 0.746. The topological polar surface area (TPSA) is 43.8 Å². The van der Waals surface area contributed by atoms with Crippen molar-refractivity contribution in [2.45, 2.75) is 13.0 Å². The molecular weight excluding hydrogens is 222 g/mol. The van der Waals surface area contributed by atoms with Crippen molar-refractivity contribution >= 4 is 11.6 Å².